The smallest absolute Gasteiger partial charge is 0.242 e. The summed E-state index contributed by atoms with van der Waals surface area (Å²) in [5, 5.41) is 0. The molecule has 0 aromatic heterocycles. The lowest BCUT2D eigenvalue weighted by molar-refractivity contribution is -0.139. The van der Waals surface area contributed by atoms with Crippen LogP contribution in [-0.4, -0.2) is 60.9 Å². The maximum Gasteiger partial charge on any atom is 0.242 e. The monoisotopic (exact) mass is 379 g/mol. The molecule has 0 aliphatic carbocycles. The Morgan fingerprint density at radius 1 is 0.893 bits per heavy atom. The van der Waals surface area contributed by atoms with Gasteiger partial charge in [-0.3, -0.25) is 9.59 Å². The molecule has 1 aliphatic rings. The molecule has 0 saturated carbocycles. The van der Waals surface area contributed by atoms with Crippen molar-refractivity contribution in [2.45, 2.75) is 19.8 Å². The summed E-state index contributed by atoms with van der Waals surface area (Å²) in [5.74, 6) is 0.00644. The second kappa shape index (κ2) is 9.93. The van der Waals surface area contributed by atoms with Gasteiger partial charge in [0.2, 0.25) is 11.8 Å². The summed E-state index contributed by atoms with van der Waals surface area (Å²) in [7, 11) is 0. The van der Waals surface area contributed by atoms with Crippen molar-refractivity contribution in [1.82, 2.24) is 9.80 Å². The molecular formula is C23H29N3O2. The van der Waals surface area contributed by atoms with Crippen LogP contribution >= 0.6 is 0 Å². The van der Waals surface area contributed by atoms with E-state index in [1.807, 2.05) is 41.3 Å². The van der Waals surface area contributed by atoms with E-state index in [-0.39, 0.29) is 18.4 Å². The first-order valence-corrected chi connectivity index (χ1v) is 10.0. The van der Waals surface area contributed by atoms with Crippen LogP contribution in [0.5, 0.6) is 0 Å². The number of anilines is 1. The summed E-state index contributed by atoms with van der Waals surface area (Å²) >= 11 is 0. The number of hydrogen-bond donors (Lipinski definition) is 0. The highest BCUT2D eigenvalue weighted by Crippen LogP contribution is 2.15. The van der Waals surface area contributed by atoms with Gasteiger partial charge in [-0.25, -0.2) is 0 Å². The maximum absolute atomic E-state index is 12.7. The topological polar surface area (TPSA) is 43.9 Å². The van der Waals surface area contributed by atoms with Crippen LogP contribution in [0, 0.1) is 0 Å². The number of amides is 2. The van der Waals surface area contributed by atoms with E-state index >= 15 is 0 Å². The lowest BCUT2D eigenvalue weighted by Crippen LogP contribution is -2.51. The minimum absolute atomic E-state index is 0.0377. The molecule has 1 heterocycles. The second-order valence-electron chi connectivity index (χ2n) is 7.23. The molecule has 0 N–H and O–H groups in total. The third kappa shape index (κ3) is 5.59. The van der Waals surface area contributed by atoms with Crippen LogP contribution in [0.15, 0.2) is 60.7 Å². The zero-order valence-corrected chi connectivity index (χ0v) is 16.6. The van der Waals surface area contributed by atoms with E-state index < -0.39 is 0 Å². The van der Waals surface area contributed by atoms with E-state index in [0.717, 1.165) is 25.9 Å². The normalized spacial score (nSPS) is 14.0. The van der Waals surface area contributed by atoms with E-state index in [2.05, 4.69) is 29.2 Å². The Labute approximate surface area is 167 Å². The fourth-order valence-corrected chi connectivity index (χ4v) is 3.58. The number of benzene rings is 2. The number of nitrogens with zero attached hydrogens (tertiary/aromatic N) is 3. The van der Waals surface area contributed by atoms with Crippen LogP contribution in [0.2, 0.25) is 0 Å². The SMILES string of the molecule is CC(=O)N(CCCc1ccccc1)CC(=O)N1CCN(c2ccccc2)CC1. The van der Waals surface area contributed by atoms with E-state index in [0.29, 0.717) is 19.6 Å². The zero-order valence-electron chi connectivity index (χ0n) is 16.6. The third-order valence-corrected chi connectivity index (χ3v) is 5.26. The largest absolute Gasteiger partial charge is 0.368 e. The van der Waals surface area contributed by atoms with Gasteiger partial charge in [0.25, 0.3) is 0 Å². The van der Waals surface area contributed by atoms with Crippen molar-refractivity contribution in [3.63, 3.8) is 0 Å². The molecule has 2 aromatic rings. The molecule has 0 spiro atoms. The molecule has 1 saturated heterocycles. The Bertz CT molecular complexity index is 756. The first-order valence-electron chi connectivity index (χ1n) is 10.0. The average Bonchev–Trinajstić information content (AvgIpc) is 2.74. The first-order chi connectivity index (χ1) is 13.6. The quantitative estimate of drug-likeness (QED) is 0.743. The Morgan fingerprint density at radius 2 is 1.50 bits per heavy atom. The molecule has 148 valence electrons. The van der Waals surface area contributed by atoms with Crippen LogP contribution in [-0.2, 0) is 16.0 Å². The van der Waals surface area contributed by atoms with Crippen molar-refractivity contribution in [2.24, 2.45) is 0 Å². The summed E-state index contributed by atoms with van der Waals surface area (Å²) in [6, 6.07) is 20.5. The molecule has 5 nitrogen and oxygen atoms in total. The van der Waals surface area contributed by atoms with Gasteiger partial charge in [-0.15, -0.1) is 0 Å². The molecule has 3 rings (SSSR count). The highest BCUT2D eigenvalue weighted by Gasteiger charge is 2.23. The van der Waals surface area contributed by atoms with E-state index in [9.17, 15) is 9.59 Å². The molecule has 0 unspecified atom stereocenters. The standard InChI is InChI=1S/C23H29N3O2/c1-20(27)26(14-8-11-21-9-4-2-5-10-21)19-23(28)25-17-15-24(16-18-25)22-12-6-3-7-13-22/h2-7,9-10,12-13H,8,11,14-19H2,1H3. The van der Waals surface area contributed by atoms with E-state index in [4.69, 9.17) is 0 Å². The minimum Gasteiger partial charge on any atom is -0.368 e. The Kier molecular flexibility index (Phi) is 7.06. The summed E-state index contributed by atoms with van der Waals surface area (Å²) in [4.78, 5) is 30.5. The number of carbonyl (C=O) groups is 2. The molecule has 1 aliphatic heterocycles. The fraction of sp³-hybridized carbons (Fsp3) is 0.391. The van der Waals surface area contributed by atoms with E-state index in [1.54, 1.807) is 11.8 Å². The summed E-state index contributed by atoms with van der Waals surface area (Å²) in [6.45, 7) is 5.37. The van der Waals surface area contributed by atoms with Crippen molar-refractivity contribution in [1.29, 1.82) is 0 Å². The van der Waals surface area contributed by atoms with Crippen LogP contribution in [0.4, 0.5) is 5.69 Å². The van der Waals surface area contributed by atoms with Gasteiger partial charge >= 0.3 is 0 Å². The first kappa shape index (κ1) is 19.9. The van der Waals surface area contributed by atoms with Gasteiger partial charge in [0, 0.05) is 45.3 Å². The average molecular weight is 380 g/mol. The number of carbonyl (C=O) groups excluding carboxylic acids is 2. The molecule has 5 heteroatoms. The van der Waals surface area contributed by atoms with Crippen molar-refractivity contribution in [3.8, 4) is 0 Å². The highest BCUT2D eigenvalue weighted by molar-refractivity contribution is 5.84. The predicted molar refractivity (Wildman–Crippen MR) is 112 cm³/mol. The zero-order chi connectivity index (χ0) is 19.8. The number of piperazine rings is 1. The van der Waals surface area contributed by atoms with Gasteiger partial charge < -0.3 is 14.7 Å². The molecule has 1 fully saturated rings. The third-order valence-electron chi connectivity index (χ3n) is 5.26. The summed E-state index contributed by atoms with van der Waals surface area (Å²) in [6.07, 6.45) is 1.77. The van der Waals surface area contributed by atoms with Gasteiger partial charge in [-0.1, -0.05) is 48.5 Å². The van der Waals surface area contributed by atoms with E-state index in [1.165, 1.54) is 11.3 Å². The second-order valence-corrected chi connectivity index (χ2v) is 7.23. The van der Waals surface area contributed by atoms with Crippen molar-refractivity contribution < 1.29 is 9.59 Å². The Balaban J connectivity index is 1.46. The highest BCUT2D eigenvalue weighted by atomic mass is 16.2. The lowest BCUT2D eigenvalue weighted by atomic mass is 10.1. The van der Waals surface area contributed by atoms with Gasteiger partial charge in [0.15, 0.2) is 0 Å². The van der Waals surface area contributed by atoms with Crippen molar-refractivity contribution >= 4 is 17.5 Å². The Morgan fingerprint density at radius 3 is 2.11 bits per heavy atom. The van der Waals surface area contributed by atoms with Crippen molar-refractivity contribution in [3.05, 3.63) is 66.2 Å². The number of para-hydroxylation sites is 1. The summed E-state index contributed by atoms with van der Waals surface area (Å²) < 4.78 is 0. The van der Waals surface area contributed by atoms with Gasteiger partial charge in [0.05, 0.1) is 6.54 Å². The van der Waals surface area contributed by atoms with Gasteiger partial charge in [-0.2, -0.15) is 0 Å². The molecule has 28 heavy (non-hydrogen) atoms. The minimum atomic E-state index is -0.0377. The van der Waals surface area contributed by atoms with Crippen molar-refractivity contribution in [2.75, 3.05) is 44.2 Å². The molecule has 0 atom stereocenters. The number of rotatable bonds is 7. The van der Waals surface area contributed by atoms with Crippen LogP contribution < -0.4 is 4.90 Å². The van der Waals surface area contributed by atoms with Crippen LogP contribution in [0.25, 0.3) is 0 Å². The Hall–Kier alpha value is -2.82. The van der Waals surface area contributed by atoms with Gasteiger partial charge in [-0.05, 0) is 30.5 Å². The fourth-order valence-electron chi connectivity index (χ4n) is 3.58. The molecular weight excluding hydrogens is 350 g/mol. The number of hydrogen-bond acceptors (Lipinski definition) is 3. The molecule has 0 radical (unpaired) electrons. The lowest BCUT2D eigenvalue weighted by Gasteiger charge is -2.37. The van der Waals surface area contributed by atoms with Crippen LogP contribution in [0.3, 0.4) is 0 Å². The molecule has 2 aromatic carbocycles. The molecule has 2 amide bonds. The predicted octanol–water partition coefficient (Wildman–Crippen LogP) is 2.82. The van der Waals surface area contributed by atoms with Crippen LogP contribution in [0.1, 0.15) is 18.9 Å². The maximum atomic E-state index is 12.7. The number of aryl methyl sites for hydroxylation is 1. The summed E-state index contributed by atoms with van der Waals surface area (Å²) in [5.41, 5.74) is 2.45. The van der Waals surface area contributed by atoms with Gasteiger partial charge in [0.1, 0.15) is 0 Å². The molecule has 0 bridgehead atoms.